The zero-order chi connectivity index (χ0) is 13.1. The maximum absolute atomic E-state index is 14.0. The minimum Gasteiger partial charge on any atom is -0.496 e. The van der Waals surface area contributed by atoms with Gasteiger partial charge in [0, 0.05) is 11.1 Å². The number of benzene rings is 1. The quantitative estimate of drug-likeness (QED) is 0.808. The largest absolute Gasteiger partial charge is 0.496 e. The molecule has 0 amide bonds. The predicted molar refractivity (Wildman–Crippen MR) is 63.0 cm³/mol. The van der Waals surface area contributed by atoms with Gasteiger partial charge < -0.3 is 9.47 Å². The number of hydrogen-bond acceptors (Lipinski definition) is 3. The molecule has 92 valence electrons. The Hall–Kier alpha value is -1.76. The predicted octanol–water partition coefficient (Wildman–Crippen LogP) is 2.97. The fraction of sp³-hybridized carbons (Fsp3) is 0.462. The summed E-state index contributed by atoms with van der Waals surface area (Å²) in [5.41, 5.74) is -0.414. The van der Waals surface area contributed by atoms with E-state index in [0.717, 1.165) is 0 Å². The number of ether oxygens (including phenoxy) is 2. The van der Waals surface area contributed by atoms with Gasteiger partial charge in [-0.15, -0.1) is 0 Å². The van der Waals surface area contributed by atoms with Crippen LogP contribution in [0.5, 0.6) is 11.5 Å². The number of halogens is 1. The van der Waals surface area contributed by atoms with Crippen molar-refractivity contribution < 1.29 is 13.9 Å². The Morgan fingerprint density at radius 3 is 2.24 bits per heavy atom. The van der Waals surface area contributed by atoms with E-state index in [1.807, 2.05) is 6.07 Å². The summed E-state index contributed by atoms with van der Waals surface area (Å²) in [7, 11) is 2.98. The average molecular weight is 237 g/mol. The molecule has 0 aliphatic carbocycles. The molecule has 0 saturated heterocycles. The van der Waals surface area contributed by atoms with Crippen LogP contribution in [0.25, 0.3) is 0 Å². The first-order valence-electron chi connectivity index (χ1n) is 5.25. The van der Waals surface area contributed by atoms with Crippen LogP contribution in [0.3, 0.4) is 0 Å². The molecule has 0 saturated carbocycles. The van der Waals surface area contributed by atoms with Crippen LogP contribution in [0.1, 0.15) is 25.0 Å². The van der Waals surface area contributed by atoms with Gasteiger partial charge in [-0.2, -0.15) is 5.26 Å². The van der Waals surface area contributed by atoms with Crippen LogP contribution < -0.4 is 9.47 Å². The highest BCUT2D eigenvalue weighted by molar-refractivity contribution is 5.49. The van der Waals surface area contributed by atoms with Crippen LogP contribution in [-0.4, -0.2) is 14.2 Å². The molecular weight excluding hydrogens is 221 g/mol. The molecule has 1 rings (SSSR count). The van der Waals surface area contributed by atoms with Crippen LogP contribution in [-0.2, 0) is 12.1 Å². The highest BCUT2D eigenvalue weighted by Crippen LogP contribution is 2.37. The van der Waals surface area contributed by atoms with Gasteiger partial charge in [-0.05, 0) is 26.0 Å². The Morgan fingerprint density at radius 1 is 1.24 bits per heavy atom. The van der Waals surface area contributed by atoms with Crippen molar-refractivity contribution in [1.82, 2.24) is 0 Å². The van der Waals surface area contributed by atoms with Crippen molar-refractivity contribution in [3.8, 4) is 17.6 Å². The Kier molecular flexibility index (Phi) is 3.95. The first-order chi connectivity index (χ1) is 7.93. The lowest BCUT2D eigenvalue weighted by Crippen LogP contribution is -2.12. The van der Waals surface area contributed by atoms with Gasteiger partial charge in [0.25, 0.3) is 0 Å². The molecule has 0 bridgehead atoms. The average Bonchev–Trinajstić information content (AvgIpc) is 2.27. The molecule has 0 radical (unpaired) electrons. The summed E-state index contributed by atoms with van der Waals surface area (Å²) in [5.74, 6) is 0.941. The van der Waals surface area contributed by atoms with Crippen molar-refractivity contribution in [3.05, 3.63) is 23.3 Å². The topological polar surface area (TPSA) is 42.2 Å². The van der Waals surface area contributed by atoms with Crippen molar-refractivity contribution >= 4 is 0 Å². The lowest BCUT2D eigenvalue weighted by molar-refractivity contribution is 0.212. The van der Waals surface area contributed by atoms with Crippen molar-refractivity contribution in [1.29, 1.82) is 5.26 Å². The maximum Gasteiger partial charge on any atom is 0.134 e. The molecule has 1 aromatic rings. The molecule has 0 aromatic heterocycles. The van der Waals surface area contributed by atoms with E-state index < -0.39 is 5.67 Å². The Bertz CT molecular complexity index is 444. The van der Waals surface area contributed by atoms with Crippen molar-refractivity contribution in [2.45, 2.75) is 25.9 Å². The van der Waals surface area contributed by atoms with Gasteiger partial charge in [-0.3, -0.25) is 0 Å². The molecule has 0 spiro atoms. The van der Waals surface area contributed by atoms with E-state index in [1.165, 1.54) is 28.1 Å². The lowest BCUT2D eigenvalue weighted by atomic mass is 9.96. The van der Waals surface area contributed by atoms with Crippen molar-refractivity contribution in [2.24, 2.45) is 0 Å². The van der Waals surface area contributed by atoms with Gasteiger partial charge in [-0.25, -0.2) is 4.39 Å². The highest BCUT2D eigenvalue weighted by atomic mass is 19.1. The van der Waals surface area contributed by atoms with E-state index in [1.54, 1.807) is 12.1 Å². The van der Waals surface area contributed by atoms with E-state index >= 15 is 0 Å². The van der Waals surface area contributed by atoms with Crippen LogP contribution >= 0.6 is 0 Å². The number of methoxy groups -OCH3 is 2. The van der Waals surface area contributed by atoms with Gasteiger partial charge in [0.15, 0.2) is 0 Å². The zero-order valence-corrected chi connectivity index (χ0v) is 10.5. The molecule has 0 fully saturated rings. The molecule has 17 heavy (non-hydrogen) atoms. The first kappa shape index (κ1) is 13.3. The smallest absolute Gasteiger partial charge is 0.134 e. The van der Waals surface area contributed by atoms with E-state index in [4.69, 9.17) is 14.7 Å². The summed E-state index contributed by atoms with van der Waals surface area (Å²) in [5, 5.41) is 8.71. The molecule has 0 atom stereocenters. The minimum atomic E-state index is -1.52. The summed E-state index contributed by atoms with van der Waals surface area (Å²) in [6.45, 7) is 2.91. The number of rotatable bonds is 4. The Labute approximate surface area is 101 Å². The Morgan fingerprint density at radius 2 is 1.82 bits per heavy atom. The second kappa shape index (κ2) is 5.05. The Balaban J connectivity index is 3.39. The molecule has 0 aliphatic heterocycles. The van der Waals surface area contributed by atoms with Crippen LogP contribution in [0.15, 0.2) is 12.1 Å². The van der Waals surface area contributed by atoms with Gasteiger partial charge >= 0.3 is 0 Å². The van der Waals surface area contributed by atoms with Gasteiger partial charge in [-0.1, -0.05) is 0 Å². The molecule has 0 aliphatic rings. The second-order valence-corrected chi connectivity index (χ2v) is 4.17. The standard InChI is InChI=1S/C13H16FNO2/c1-13(2,14)10-8-11(16-3)9(5-6-15)7-12(10)17-4/h7-8H,5H2,1-4H3. The normalized spacial score (nSPS) is 10.8. The minimum absolute atomic E-state index is 0.201. The van der Waals surface area contributed by atoms with Crippen LogP contribution in [0, 0.1) is 11.3 Å². The van der Waals surface area contributed by atoms with E-state index in [0.29, 0.717) is 22.6 Å². The van der Waals surface area contributed by atoms with Gasteiger partial charge in [0.2, 0.25) is 0 Å². The fourth-order valence-electron chi connectivity index (χ4n) is 1.65. The number of hydrogen-bond donors (Lipinski definition) is 0. The zero-order valence-electron chi connectivity index (χ0n) is 10.5. The summed E-state index contributed by atoms with van der Waals surface area (Å²) >= 11 is 0. The van der Waals surface area contributed by atoms with E-state index in [-0.39, 0.29) is 6.42 Å². The highest BCUT2D eigenvalue weighted by Gasteiger charge is 2.25. The molecule has 0 unspecified atom stereocenters. The monoisotopic (exact) mass is 237 g/mol. The fourth-order valence-corrected chi connectivity index (χ4v) is 1.65. The number of nitriles is 1. The number of alkyl halides is 1. The molecular formula is C13H16FNO2. The summed E-state index contributed by atoms with van der Waals surface area (Å²) in [4.78, 5) is 0. The summed E-state index contributed by atoms with van der Waals surface area (Å²) < 4.78 is 24.3. The van der Waals surface area contributed by atoms with Crippen molar-refractivity contribution in [2.75, 3.05) is 14.2 Å². The third kappa shape index (κ3) is 2.88. The van der Waals surface area contributed by atoms with Gasteiger partial charge in [0.1, 0.15) is 17.2 Å². The molecule has 3 nitrogen and oxygen atoms in total. The third-order valence-electron chi connectivity index (χ3n) is 2.51. The third-order valence-corrected chi connectivity index (χ3v) is 2.51. The summed E-state index contributed by atoms with van der Waals surface area (Å²) in [6.07, 6.45) is 0.201. The lowest BCUT2D eigenvalue weighted by Gasteiger charge is -2.20. The molecule has 1 aromatic carbocycles. The molecule has 0 N–H and O–H groups in total. The van der Waals surface area contributed by atoms with Gasteiger partial charge in [0.05, 0.1) is 26.7 Å². The van der Waals surface area contributed by atoms with Crippen LogP contribution in [0.4, 0.5) is 4.39 Å². The number of nitrogens with zero attached hydrogens (tertiary/aromatic N) is 1. The maximum atomic E-state index is 14.0. The van der Waals surface area contributed by atoms with E-state index in [2.05, 4.69) is 0 Å². The van der Waals surface area contributed by atoms with Crippen molar-refractivity contribution in [3.63, 3.8) is 0 Å². The van der Waals surface area contributed by atoms with Crippen LogP contribution in [0.2, 0.25) is 0 Å². The second-order valence-electron chi connectivity index (χ2n) is 4.17. The van der Waals surface area contributed by atoms with E-state index in [9.17, 15) is 4.39 Å². The molecule has 0 heterocycles. The molecule has 4 heteroatoms. The SMILES string of the molecule is COc1cc(C(C)(C)F)c(OC)cc1CC#N. The first-order valence-corrected chi connectivity index (χ1v) is 5.25. The summed E-state index contributed by atoms with van der Waals surface area (Å²) in [6, 6.07) is 5.28.